The SMILES string of the molecule is Cc1ccc(S(=O)(=O)C(C)C(=O)Nc2ccc(S(N)(=O)=O)cc2)cc1. The maximum absolute atomic E-state index is 12.5. The maximum atomic E-state index is 12.5. The lowest BCUT2D eigenvalue weighted by Crippen LogP contribution is -2.32. The van der Waals surface area contributed by atoms with Gasteiger partial charge in [-0.3, -0.25) is 4.79 Å². The summed E-state index contributed by atoms with van der Waals surface area (Å²) >= 11 is 0. The van der Waals surface area contributed by atoms with Crippen molar-refractivity contribution in [3.63, 3.8) is 0 Å². The minimum absolute atomic E-state index is 0.0605. The molecule has 3 N–H and O–H groups in total. The summed E-state index contributed by atoms with van der Waals surface area (Å²) in [6.45, 7) is 3.13. The molecule has 2 aromatic carbocycles. The van der Waals surface area contributed by atoms with Crippen molar-refractivity contribution in [1.29, 1.82) is 0 Å². The van der Waals surface area contributed by atoms with E-state index in [0.717, 1.165) is 5.56 Å². The molecule has 1 atom stereocenters. The maximum Gasteiger partial charge on any atom is 0.242 e. The number of carbonyl (C=O) groups excluding carboxylic acids is 1. The first-order valence-corrected chi connectivity index (χ1v) is 10.4. The first-order valence-electron chi connectivity index (χ1n) is 7.26. The Morgan fingerprint density at radius 2 is 1.40 bits per heavy atom. The van der Waals surface area contributed by atoms with Crippen molar-refractivity contribution in [2.45, 2.75) is 28.9 Å². The second kappa shape index (κ2) is 6.95. The molecule has 0 saturated carbocycles. The van der Waals surface area contributed by atoms with Crippen molar-refractivity contribution < 1.29 is 21.6 Å². The van der Waals surface area contributed by atoms with Crippen LogP contribution in [0.4, 0.5) is 5.69 Å². The minimum Gasteiger partial charge on any atom is -0.325 e. The molecule has 0 bridgehead atoms. The lowest BCUT2D eigenvalue weighted by atomic mass is 10.2. The molecule has 25 heavy (non-hydrogen) atoms. The first kappa shape index (κ1) is 19.1. The topological polar surface area (TPSA) is 123 Å². The molecule has 1 amide bonds. The van der Waals surface area contributed by atoms with Gasteiger partial charge in [0.05, 0.1) is 9.79 Å². The Hall–Kier alpha value is -2.23. The number of aryl methyl sites for hydroxylation is 1. The summed E-state index contributed by atoms with van der Waals surface area (Å²) in [5.41, 5.74) is 1.18. The third-order valence-electron chi connectivity index (χ3n) is 3.63. The molecular weight excluding hydrogens is 364 g/mol. The zero-order valence-corrected chi connectivity index (χ0v) is 15.3. The highest BCUT2D eigenvalue weighted by Crippen LogP contribution is 2.19. The second-order valence-electron chi connectivity index (χ2n) is 5.56. The predicted octanol–water partition coefficient (Wildman–Crippen LogP) is 1.44. The average molecular weight is 382 g/mol. The third-order valence-corrected chi connectivity index (χ3v) is 6.64. The summed E-state index contributed by atoms with van der Waals surface area (Å²) in [6, 6.07) is 11.3. The van der Waals surface area contributed by atoms with Crippen LogP contribution >= 0.6 is 0 Å². The van der Waals surface area contributed by atoms with Gasteiger partial charge in [0.1, 0.15) is 5.25 Å². The van der Waals surface area contributed by atoms with Crippen LogP contribution in [0.3, 0.4) is 0 Å². The molecule has 9 heteroatoms. The number of primary sulfonamides is 1. The summed E-state index contributed by atoms with van der Waals surface area (Å²) in [5.74, 6) is -0.719. The van der Waals surface area contributed by atoms with E-state index in [2.05, 4.69) is 5.32 Å². The Bertz CT molecular complexity index is 980. The fourth-order valence-corrected chi connectivity index (χ4v) is 3.82. The number of amides is 1. The van der Waals surface area contributed by atoms with Crippen molar-refractivity contribution in [2.75, 3.05) is 5.32 Å². The monoisotopic (exact) mass is 382 g/mol. The Labute approximate surface area is 146 Å². The summed E-state index contributed by atoms with van der Waals surface area (Å²) < 4.78 is 47.4. The van der Waals surface area contributed by atoms with E-state index in [1.54, 1.807) is 12.1 Å². The van der Waals surface area contributed by atoms with Gasteiger partial charge in [0, 0.05) is 5.69 Å². The average Bonchev–Trinajstić information content (AvgIpc) is 2.54. The number of nitrogens with two attached hydrogens (primary N) is 1. The van der Waals surface area contributed by atoms with Crippen molar-refractivity contribution in [2.24, 2.45) is 5.14 Å². The summed E-state index contributed by atoms with van der Waals surface area (Å²) in [4.78, 5) is 12.2. The smallest absolute Gasteiger partial charge is 0.242 e. The van der Waals surface area contributed by atoms with Crippen LogP contribution in [-0.4, -0.2) is 28.0 Å². The number of hydrogen-bond donors (Lipinski definition) is 2. The highest BCUT2D eigenvalue weighted by Gasteiger charge is 2.29. The number of sulfone groups is 1. The molecule has 0 heterocycles. The molecule has 0 radical (unpaired) electrons. The van der Waals surface area contributed by atoms with E-state index in [9.17, 15) is 21.6 Å². The molecule has 0 fully saturated rings. The van der Waals surface area contributed by atoms with Gasteiger partial charge in [-0.1, -0.05) is 17.7 Å². The number of benzene rings is 2. The van der Waals surface area contributed by atoms with Crippen LogP contribution in [0.2, 0.25) is 0 Å². The Morgan fingerprint density at radius 1 is 0.920 bits per heavy atom. The molecule has 7 nitrogen and oxygen atoms in total. The highest BCUT2D eigenvalue weighted by atomic mass is 32.2. The Morgan fingerprint density at radius 3 is 1.88 bits per heavy atom. The molecule has 1 unspecified atom stereocenters. The lowest BCUT2D eigenvalue weighted by Gasteiger charge is -2.14. The third kappa shape index (κ3) is 4.44. The van der Waals surface area contributed by atoms with Gasteiger partial charge in [0.15, 0.2) is 9.84 Å². The number of rotatable bonds is 5. The quantitative estimate of drug-likeness (QED) is 0.810. The van der Waals surface area contributed by atoms with E-state index in [1.807, 2.05) is 6.92 Å². The van der Waals surface area contributed by atoms with E-state index in [-0.39, 0.29) is 15.5 Å². The predicted molar refractivity (Wildman–Crippen MR) is 94.3 cm³/mol. The number of hydrogen-bond acceptors (Lipinski definition) is 5. The fraction of sp³-hybridized carbons (Fsp3) is 0.188. The standard InChI is InChI=1S/C16H18N2O5S2/c1-11-3-7-14(8-4-11)24(20,21)12(2)16(19)18-13-5-9-15(10-6-13)25(17,22)23/h3-10,12H,1-2H3,(H,18,19)(H2,17,22,23). The fourth-order valence-electron chi connectivity index (χ4n) is 2.04. The number of sulfonamides is 1. The van der Waals surface area contributed by atoms with Gasteiger partial charge in [-0.15, -0.1) is 0 Å². The van der Waals surface area contributed by atoms with Crippen LogP contribution in [0, 0.1) is 6.92 Å². The van der Waals surface area contributed by atoms with E-state index >= 15 is 0 Å². The van der Waals surface area contributed by atoms with Crippen molar-refractivity contribution in [3.05, 3.63) is 54.1 Å². The molecule has 0 aliphatic heterocycles. The van der Waals surface area contributed by atoms with Gasteiger partial charge < -0.3 is 5.32 Å². The van der Waals surface area contributed by atoms with Crippen LogP contribution in [0.1, 0.15) is 12.5 Å². The molecular formula is C16H18N2O5S2. The van der Waals surface area contributed by atoms with E-state index in [0.29, 0.717) is 0 Å². The number of carbonyl (C=O) groups is 1. The molecule has 134 valence electrons. The molecule has 0 aromatic heterocycles. The van der Waals surface area contributed by atoms with Gasteiger partial charge in [0.25, 0.3) is 0 Å². The van der Waals surface area contributed by atoms with E-state index < -0.39 is 31.0 Å². The molecule has 0 aliphatic rings. The summed E-state index contributed by atoms with van der Waals surface area (Å²) in [5, 5.41) is 6.14. The Kier molecular flexibility index (Phi) is 5.31. The number of anilines is 1. The van der Waals surface area contributed by atoms with Gasteiger partial charge in [-0.05, 0) is 50.2 Å². The van der Waals surface area contributed by atoms with E-state index in [4.69, 9.17) is 5.14 Å². The minimum atomic E-state index is -3.84. The van der Waals surface area contributed by atoms with Crippen LogP contribution in [0.15, 0.2) is 58.3 Å². The highest BCUT2D eigenvalue weighted by molar-refractivity contribution is 7.92. The van der Waals surface area contributed by atoms with Gasteiger partial charge in [-0.25, -0.2) is 22.0 Å². The zero-order chi connectivity index (χ0) is 18.8. The van der Waals surface area contributed by atoms with Crippen molar-refractivity contribution in [1.82, 2.24) is 0 Å². The van der Waals surface area contributed by atoms with Crippen LogP contribution < -0.4 is 10.5 Å². The lowest BCUT2D eigenvalue weighted by molar-refractivity contribution is -0.115. The second-order valence-corrected chi connectivity index (χ2v) is 9.39. The van der Waals surface area contributed by atoms with Crippen LogP contribution in [0.25, 0.3) is 0 Å². The largest absolute Gasteiger partial charge is 0.325 e. The molecule has 2 rings (SSSR count). The van der Waals surface area contributed by atoms with Crippen LogP contribution in [0.5, 0.6) is 0 Å². The Balaban J connectivity index is 2.18. The molecule has 2 aromatic rings. The van der Waals surface area contributed by atoms with E-state index in [1.165, 1.54) is 43.3 Å². The first-order chi connectivity index (χ1) is 11.5. The number of nitrogens with one attached hydrogen (secondary N) is 1. The normalized spacial score (nSPS) is 13.2. The zero-order valence-electron chi connectivity index (χ0n) is 13.6. The summed E-state index contributed by atoms with van der Waals surface area (Å²) in [7, 11) is -7.67. The molecule has 0 spiro atoms. The van der Waals surface area contributed by atoms with Gasteiger partial charge in [0.2, 0.25) is 15.9 Å². The van der Waals surface area contributed by atoms with Gasteiger partial charge >= 0.3 is 0 Å². The summed E-state index contributed by atoms with van der Waals surface area (Å²) in [6.07, 6.45) is 0. The van der Waals surface area contributed by atoms with Crippen LogP contribution in [-0.2, 0) is 24.7 Å². The van der Waals surface area contributed by atoms with Crippen molar-refractivity contribution in [3.8, 4) is 0 Å². The molecule has 0 saturated heterocycles. The van der Waals surface area contributed by atoms with Gasteiger partial charge in [-0.2, -0.15) is 0 Å². The molecule has 0 aliphatic carbocycles. The van der Waals surface area contributed by atoms with Crippen molar-refractivity contribution >= 4 is 31.5 Å².